The maximum Gasteiger partial charge on any atom is 0.248 e. The van der Waals surface area contributed by atoms with Crippen LogP contribution in [0.15, 0.2) is 54.6 Å². The van der Waals surface area contributed by atoms with Crippen molar-refractivity contribution in [1.82, 2.24) is 0 Å². The Bertz CT molecular complexity index is 999. The van der Waals surface area contributed by atoms with Gasteiger partial charge in [0, 0.05) is 22.3 Å². The Morgan fingerprint density at radius 1 is 0.923 bits per heavy atom. The maximum atomic E-state index is 12.2. The Morgan fingerprint density at radius 3 is 2.38 bits per heavy atom. The van der Waals surface area contributed by atoms with E-state index >= 15 is 0 Å². The third kappa shape index (κ3) is 2.99. The van der Waals surface area contributed by atoms with Crippen LogP contribution in [0, 0.1) is 0 Å². The Balaban J connectivity index is 1.45. The number of rotatable bonds is 5. The molecular weight excluding hydrogens is 326 g/mol. The van der Waals surface area contributed by atoms with Crippen LogP contribution in [-0.4, -0.2) is 18.4 Å². The van der Waals surface area contributed by atoms with Crippen LogP contribution in [0.25, 0.3) is 10.8 Å². The van der Waals surface area contributed by atoms with Gasteiger partial charge in [-0.25, -0.2) is 0 Å². The summed E-state index contributed by atoms with van der Waals surface area (Å²) in [5.74, 6) is -0.642. The zero-order valence-corrected chi connectivity index (χ0v) is 14.2. The summed E-state index contributed by atoms with van der Waals surface area (Å²) >= 11 is 0. The topological polar surface area (TPSA) is 84.2 Å². The summed E-state index contributed by atoms with van der Waals surface area (Å²) in [7, 11) is 0. The Kier molecular flexibility index (Phi) is 4.05. The summed E-state index contributed by atoms with van der Waals surface area (Å²) in [6, 6.07) is 17.0. The number of nitrogens with two attached hydrogens (primary N) is 1. The first-order valence-electron chi connectivity index (χ1n) is 8.59. The van der Waals surface area contributed by atoms with Gasteiger partial charge in [0.15, 0.2) is 0 Å². The zero-order valence-electron chi connectivity index (χ0n) is 14.2. The smallest absolute Gasteiger partial charge is 0.248 e. The minimum absolute atomic E-state index is 0.153. The van der Waals surface area contributed by atoms with Crippen LogP contribution >= 0.6 is 0 Å². The molecule has 0 atom stereocenters. The number of carbonyl (C=O) groups is 2. The van der Waals surface area contributed by atoms with E-state index in [1.165, 1.54) is 16.5 Å². The molecule has 5 nitrogen and oxygen atoms in total. The van der Waals surface area contributed by atoms with E-state index < -0.39 is 5.91 Å². The molecule has 2 amide bonds. The molecule has 0 radical (unpaired) electrons. The van der Waals surface area contributed by atoms with Gasteiger partial charge in [0.1, 0.15) is 0 Å². The van der Waals surface area contributed by atoms with Crippen LogP contribution < -0.4 is 16.4 Å². The van der Waals surface area contributed by atoms with Crippen molar-refractivity contribution in [2.45, 2.75) is 12.8 Å². The van der Waals surface area contributed by atoms with Gasteiger partial charge in [0.2, 0.25) is 11.8 Å². The van der Waals surface area contributed by atoms with Crippen molar-refractivity contribution < 1.29 is 9.59 Å². The molecule has 3 aromatic carbocycles. The lowest BCUT2D eigenvalue weighted by Gasteiger charge is -2.12. The minimum atomic E-state index is -0.489. The molecule has 4 N–H and O–H groups in total. The standard InChI is InChI=1S/C21H19N3O2/c22-21(26)15-6-9-16(10-7-15)24-19(25)12-23-18-11-8-14-5-4-13-2-1-3-17(18)20(13)14/h1-3,6-11,23H,4-5,12H2,(H2,22,26)(H,24,25). The van der Waals surface area contributed by atoms with Crippen LogP contribution in [0.1, 0.15) is 21.5 Å². The van der Waals surface area contributed by atoms with E-state index in [2.05, 4.69) is 34.9 Å². The number of benzene rings is 3. The molecule has 0 saturated carbocycles. The van der Waals surface area contributed by atoms with Crippen molar-refractivity contribution in [3.63, 3.8) is 0 Å². The maximum absolute atomic E-state index is 12.2. The number of amides is 2. The van der Waals surface area contributed by atoms with Gasteiger partial charge >= 0.3 is 0 Å². The van der Waals surface area contributed by atoms with Gasteiger partial charge < -0.3 is 16.4 Å². The van der Waals surface area contributed by atoms with Crippen molar-refractivity contribution in [1.29, 1.82) is 0 Å². The van der Waals surface area contributed by atoms with Crippen molar-refractivity contribution in [3.05, 3.63) is 71.3 Å². The molecule has 5 heteroatoms. The number of hydrogen-bond donors (Lipinski definition) is 3. The molecule has 26 heavy (non-hydrogen) atoms. The number of aryl methyl sites for hydroxylation is 2. The Morgan fingerprint density at radius 2 is 1.65 bits per heavy atom. The molecule has 0 spiro atoms. The van der Waals surface area contributed by atoms with Crippen LogP contribution in [0.2, 0.25) is 0 Å². The fourth-order valence-electron chi connectivity index (χ4n) is 3.50. The fourth-order valence-corrected chi connectivity index (χ4v) is 3.50. The molecule has 0 bridgehead atoms. The summed E-state index contributed by atoms with van der Waals surface area (Å²) in [5.41, 5.74) is 9.96. The highest BCUT2D eigenvalue weighted by Gasteiger charge is 2.16. The van der Waals surface area contributed by atoms with E-state index in [0.717, 1.165) is 23.9 Å². The van der Waals surface area contributed by atoms with E-state index in [0.29, 0.717) is 11.3 Å². The zero-order chi connectivity index (χ0) is 18.1. The summed E-state index contributed by atoms with van der Waals surface area (Å²) in [6.45, 7) is 0.163. The van der Waals surface area contributed by atoms with Gasteiger partial charge in [-0.3, -0.25) is 9.59 Å². The van der Waals surface area contributed by atoms with E-state index in [4.69, 9.17) is 5.73 Å². The molecule has 4 rings (SSSR count). The molecule has 1 aliphatic rings. The van der Waals surface area contributed by atoms with Crippen LogP contribution in [-0.2, 0) is 17.6 Å². The molecule has 0 saturated heterocycles. The Labute approximate surface area is 151 Å². The third-order valence-corrected chi connectivity index (χ3v) is 4.77. The summed E-state index contributed by atoms with van der Waals surface area (Å²) in [6.07, 6.45) is 2.16. The van der Waals surface area contributed by atoms with Gasteiger partial charge in [-0.1, -0.05) is 24.3 Å². The molecule has 0 heterocycles. The summed E-state index contributed by atoms with van der Waals surface area (Å²) in [4.78, 5) is 23.3. The molecule has 130 valence electrons. The highest BCUT2D eigenvalue weighted by Crippen LogP contribution is 2.34. The van der Waals surface area contributed by atoms with Gasteiger partial charge in [-0.15, -0.1) is 0 Å². The Hall–Kier alpha value is -3.34. The second-order valence-corrected chi connectivity index (χ2v) is 6.46. The number of hydrogen-bond acceptors (Lipinski definition) is 3. The van der Waals surface area contributed by atoms with Gasteiger partial charge in [0.05, 0.1) is 6.54 Å². The van der Waals surface area contributed by atoms with Gasteiger partial charge in [0.25, 0.3) is 0 Å². The van der Waals surface area contributed by atoms with Crippen molar-refractivity contribution >= 4 is 34.0 Å². The lowest BCUT2D eigenvalue weighted by Crippen LogP contribution is -2.22. The highest BCUT2D eigenvalue weighted by molar-refractivity contribution is 6.01. The molecule has 1 aliphatic carbocycles. The van der Waals surface area contributed by atoms with Crippen LogP contribution in [0.3, 0.4) is 0 Å². The van der Waals surface area contributed by atoms with Gasteiger partial charge in [-0.2, -0.15) is 0 Å². The normalized spacial score (nSPS) is 12.2. The predicted octanol–water partition coefficient (Wildman–Crippen LogP) is 3.09. The number of primary amides is 1. The molecular formula is C21H19N3O2. The van der Waals surface area contributed by atoms with E-state index in [-0.39, 0.29) is 12.5 Å². The summed E-state index contributed by atoms with van der Waals surface area (Å²) < 4.78 is 0. The first-order valence-corrected chi connectivity index (χ1v) is 8.59. The number of anilines is 2. The highest BCUT2D eigenvalue weighted by atomic mass is 16.2. The molecule has 0 unspecified atom stereocenters. The molecule has 3 aromatic rings. The second kappa shape index (κ2) is 6.52. The van der Waals surface area contributed by atoms with E-state index in [1.54, 1.807) is 24.3 Å². The molecule has 0 fully saturated rings. The monoisotopic (exact) mass is 345 g/mol. The minimum Gasteiger partial charge on any atom is -0.376 e. The lowest BCUT2D eigenvalue weighted by molar-refractivity contribution is -0.114. The third-order valence-electron chi connectivity index (χ3n) is 4.77. The van der Waals surface area contributed by atoms with Crippen LogP contribution in [0.5, 0.6) is 0 Å². The van der Waals surface area contributed by atoms with E-state index in [9.17, 15) is 9.59 Å². The van der Waals surface area contributed by atoms with Crippen molar-refractivity contribution in [3.8, 4) is 0 Å². The van der Waals surface area contributed by atoms with E-state index in [1.807, 2.05) is 6.07 Å². The molecule has 0 aliphatic heterocycles. The average molecular weight is 345 g/mol. The summed E-state index contributed by atoms with van der Waals surface area (Å²) in [5, 5.41) is 8.52. The van der Waals surface area contributed by atoms with Gasteiger partial charge in [-0.05, 0) is 59.7 Å². The quantitative estimate of drug-likeness (QED) is 0.664. The van der Waals surface area contributed by atoms with Crippen molar-refractivity contribution in [2.75, 3.05) is 17.2 Å². The number of carbonyl (C=O) groups excluding carboxylic acids is 2. The molecule has 0 aromatic heterocycles. The SMILES string of the molecule is NC(=O)c1ccc(NC(=O)CNc2ccc3c4c(cccc24)CC3)cc1. The largest absolute Gasteiger partial charge is 0.376 e. The lowest BCUT2D eigenvalue weighted by atomic mass is 10.0. The first-order chi connectivity index (χ1) is 12.6. The number of nitrogens with one attached hydrogen (secondary N) is 2. The second-order valence-electron chi connectivity index (χ2n) is 6.46. The predicted molar refractivity (Wildman–Crippen MR) is 103 cm³/mol. The first kappa shape index (κ1) is 16.1. The fraction of sp³-hybridized carbons (Fsp3) is 0.143. The van der Waals surface area contributed by atoms with Crippen LogP contribution in [0.4, 0.5) is 11.4 Å². The van der Waals surface area contributed by atoms with Crippen molar-refractivity contribution in [2.24, 2.45) is 5.73 Å². The average Bonchev–Trinajstić information content (AvgIpc) is 3.07.